The van der Waals surface area contributed by atoms with Crippen molar-refractivity contribution in [2.75, 3.05) is 23.0 Å². The number of anilines is 2. The molecule has 1 aromatic heterocycles. The number of halogens is 1. The minimum atomic E-state index is -0.265. The van der Waals surface area contributed by atoms with Crippen molar-refractivity contribution < 1.29 is 19.1 Å². The SMILES string of the molecule is Cc1ccc(Cl)c2sc(N(CC3CCCO3)C(=O)c3cccc(N4C(=O)CCC4=O)c3)nc12. The van der Waals surface area contributed by atoms with Gasteiger partial charge < -0.3 is 4.74 Å². The molecule has 3 amide bonds. The number of benzene rings is 2. The average Bonchev–Trinajstić information content (AvgIpc) is 3.55. The van der Waals surface area contributed by atoms with E-state index in [0.717, 1.165) is 33.5 Å². The van der Waals surface area contributed by atoms with Crippen molar-refractivity contribution in [2.24, 2.45) is 0 Å². The van der Waals surface area contributed by atoms with Crippen LogP contribution >= 0.6 is 22.9 Å². The standard InChI is InChI=1S/C24H22ClN3O4S/c1-14-7-8-18(25)22-21(14)26-24(33-22)27(13-17-6-3-11-32-17)23(31)15-4-2-5-16(12-15)28-19(29)9-10-20(28)30/h2,4-5,7-8,12,17H,3,6,9-11,13H2,1H3. The summed E-state index contributed by atoms with van der Waals surface area (Å²) in [4.78, 5) is 45.6. The Labute approximate surface area is 199 Å². The van der Waals surface area contributed by atoms with E-state index in [1.165, 1.54) is 11.3 Å². The molecule has 2 aliphatic heterocycles. The van der Waals surface area contributed by atoms with E-state index in [2.05, 4.69) is 0 Å². The smallest absolute Gasteiger partial charge is 0.260 e. The van der Waals surface area contributed by atoms with Crippen molar-refractivity contribution in [1.82, 2.24) is 4.98 Å². The number of hydrogen-bond acceptors (Lipinski definition) is 6. The Morgan fingerprint density at radius 2 is 2.03 bits per heavy atom. The fourth-order valence-electron chi connectivity index (χ4n) is 4.24. The van der Waals surface area contributed by atoms with E-state index in [0.29, 0.717) is 34.6 Å². The van der Waals surface area contributed by atoms with Gasteiger partial charge in [0.2, 0.25) is 11.8 Å². The van der Waals surface area contributed by atoms with E-state index in [-0.39, 0.29) is 36.7 Å². The van der Waals surface area contributed by atoms with Gasteiger partial charge in [-0.3, -0.25) is 24.2 Å². The van der Waals surface area contributed by atoms with Gasteiger partial charge in [0, 0.05) is 25.0 Å². The molecule has 0 aliphatic carbocycles. The van der Waals surface area contributed by atoms with Crippen LogP contribution in [0.5, 0.6) is 0 Å². The molecule has 2 aliphatic rings. The molecule has 1 atom stereocenters. The summed E-state index contributed by atoms with van der Waals surface area (Å²) >= 11 is 7.78. The summed E-state index contributed by atoms with van der Waals surface area (Å²) in [6.45, 7) is 3.00. The number of carbonyl (C=O) groups excluding carboxylic acids is 3. The molecule has 33 heavy (non-hydrogen) atoms. The van der Waals surface area contributed by atoms with Gasteiger partial charge in [0.15, 0.2) is 5.13 Å². The highest BCUT2D eigenvalue weighted by molar-refractivity contribution is 7.23. The Morgan fingerprint density at radius 1 is 1.24 bits per heavy atom. The van der Waals surface area contributed by atoms with Crippen LogP contribution in [0.1, 0.15) is 41.6 Å². The maximum absolute atomic E-state index is 13.7. The third kappa shape index (κ3) is 4.14. The largest absolute Gasteiger partial charge is 0.376 e. The lowest BCUT2D eigenvalue weighted by molar-refractivity contribution is -0.121. The molecule has 3 heterocycles. The van der Waals surface area contributed by atoms with Crippen molar-refractivity contribution in [1.29, 1.82) is 0 Å². The molecule has 0 bridgehead atoms. The van der Waals surface area contributed by atoms with Crippen molar-refractivity contribution in [3.05, 3.63) is 52.5 Å². The lowest BCUT2D eigenvalue weighted by Crippen LogP contribution is -2.37. The Balaban J connectivity index is 1.53. The number of rotatable bonds is 5. The fourth-order valence-corrected chi connectivity index (χ4v) is 5.57. The van der Waals surface area contributed by atoms with Crippen LogP contribution in [0.2, 0.25) is 5.02 Å². The Morgan fingerprint density at radius 3 is 2.73 bits per heavy atom. The lowest BCUT2D eigenvalue weighted by atomic mass is 10.1. The molecule has 0 N–H and O–H groups in total. The van der Waals surface area contributed by atoms with Gasteiger partial charge in [-0.1, -0.05) is 35.1 Å². The number of ether oxygens (including phenoxy) is 1. The molecule has 1 unspecified atom stereocenters. The summed E-state index contributed by atoms with van der Waals surface area (Å²) in [6.07, 6.45) is 2.11. The van der Waals surface area contributed by atoms with Crippen molar-refractivity contribution in [3.63, 3.8) is 0 Å². The van der Waals surface area contributed by atoms with Crippen LogP contribution in [0.4, 0.5) is 10.8 Å². The van der Waals surface area contributed by atoms with Crippen LogP contribution in [-0.2, 0) is 14.3 Å². The number of thiazole rings is 1. The van der Waals surface area contributed by atoms with Gasteiger partial charge in [0.25, 0.3) is 5.91 Å². The van der Waals surface area contributed by atoms with Gasteiger partial charge in [0.05, 0.1) is 33.6 Å². The summed E-state index contributed by atoms with van der Waals surface area (Å²) in [5.74, 6) is -0.770. The summed E-state index contributed by atoms with van der Waals surface area (Å²) in [6, 6.07) is 10.4. The summed E-state index contributed by atoms with van der Waals surface area (Å²) in [5.41, 5.74) is 2.54. The summed E-state index contributed by atoms with van der Waals surface area (Å²) < 4.78 is 6.64. The maximum Gasteiger partial charge on any atom is 0.260 e. The summed E-state index contributed by atoms with van der Waals surface area (Å²) in [7, 11) is 0. The van der Waals surface area contributed by atoms with E-state index < -0.39 is 0 Å². The first-order valence-corrected chi connectivity index (χ1v) is 12.1. The molecule has 0 spiro atoms. The predicted molar refractivity (Wildman–Crippen MR) is 128 cm³/mol. The van der Waals surface area contributed by atoms with Crippen LogP contribution in [0.25, 0.3) is 10.2 Å². The quantitative estimate of drug-likeness (QED) is 0.490. The molecular weight excluding hydrogens is 462 g/mol. The highest BCUT2D eigenvalue weighted by Crippen LogP contribution is 2.37. The number of aryl methyl sites for hydroxylation is 1. The number of carbonyl (C=O) groups is 3. The van der Waals surface area contributed by atoms with Crippen LogP contribution in [0.3, 0.4) is 0 Å². The third-order valence-corrected chi connectivity index (χ3v) is 7.51. The van der Waals surface area contributed by atoms with E-state index in [4.69, 9.17) is 21.3 Å². The van der Waals surface area contributed by atoms with E-state index in [1.54, 1.807) is 29.2 Å². The molecule has 9 heteroatoms. The van der Waals surface area contributed by atoms with Gasteiger partial charge >= 0.3 is 0 Å². The van der Waals surface area contributed by atoms with Crippen LogP contribution in [0.15, 0.2) is 36.4 Å². The Bertz CT molecular complexity index is 1210. The van der Waals surface area contributed by atoms with Gasteiger partial charge in [-0.2, -0.15) is 0 Å². The number of imide groups is 1. The van der Waals surface area contributed by atoms with Crippen molar-refractivity contribution in [2.45, 2.75) is 38.7 Å². The fraction of sp³-hybridized carbons (Fsp3) is 0.333. The molecule has 0 radical (unpaired) electrons. The minimum Gasteiger partial charge on any atom is -0.376 e. The zero-order valence-electron chi connectivity index (χ0n) is 18.0. The van der Waals surface area contributed by atoms with E-state index in [9.17, 15) is 14.4 Å². The van der Waals surface area contributed by atoms with E-state index in [1.807, 2.05) is 19.1 Å². The normalized spacial score (nSPS) is 18.5. The monoisotopic (exact) mass is 483 g/mol. The second-order valence-corrected chi connectivity index (χ2v) is 9.65. The number of fused-ring (bicyclic) bond motifs is 1. The summed E-state index contributed by atoms with van der Waals surface area (Å²) in [5, 5.41) is 1.14. The highest BCUT2D eigenvalue weighted by atomic mass is 35.5. The van der Waals surface area contributed by atoms with Crippen molar-refractivity contribution in [3.8, 4) is 0 Å². The third-order valence-electron chi connectivity index (χ3n) is 5.98. The second kappa shape index (κ2) is 8.85. The average molecular weight is 484 g/mol. The van der Waals surface area contributed by atoms with Crippen LogP contribution < -0.4 is 9.80 Å². The number of hydrogen-bond donors (Lipinski definition) is 0. The molecule has 2 aromatic carbocycles. The first kappa shape index (κ1) is 22.0. The zero-order chi connectivity index (χ0) is 23.1. The molecule has 3 aromatic rings. The lowest BCUT2D eigenvalue weighted by Gasteiger charge is -2.23. The van der Waals surface area contributed by atoms with Gasteiger partial charge in [-0.25, -0.2) is 4.98 Å². The molecule has 2 saturated heterocycles. The second-order valence-electron chi connectivity index (χ2n) is 8.26. The molecule has 170 valence electrons. The highest BCUT2D eigenvalue weighted by Gasteiger charge is 2.32. The topological polar surface area (TPSA) is 79.8 Å². The molecule has 2 fully saturated rings. The number of amides is 3. The maximum atomic E-state index is 13.7. The molecular formula is C24H22ClN3O4S. The van der Waals surface area contributed by atoms with E-state index >= 15 is 0 Å². The molecule has 5 rings (SSSR count). The minimum absolute atomic E-state index is 0.0811. The molecule has 7 nitrogen and oxygen atoms in total. The van der Waals surface area contributed by atoms with Crippen molar-refractivity contribution >= 4 is 61.7 Å². The Kier molecular flexibility index (Phi) is 5.90. The Hall–Kier alpha value is -2.81. The van der Waals surface area contributed by atoms with Crippen LogP contribution in [0, 0.1) is 6.92 Å². The molecule has 0 saturated carbocycles. The van der Waals surface area contributed by atoms with Gasteiger partial charge in [-0.05, 0) is 49.6 Å². The first-order chi connectivity index (χ1) is 15.9. The predicted octanol–water partition coefficient (Wildman–Crippen LogP) is 4.74. The number of aromatic nitrogens is 1. The van der Waals surface area contributed by atoms with Gasteiger partial charge in [-0.15, -0.1) is 0 Å². The zero-order valence-corrected chi connectivity index (χ0v) is 19.6. The van der Waals surface area contributed by atoms with Gasteiger partial charge in [0.1, 0.15) is 0 Å². The van der Waals surface area contributed by atoms with Crippen LogP contribution in [-0.4, -0.2) is 42.0 Å². The first-order valence-electron chi connectivity index (χ1n) is 10.9. The number of nitrogens with zero attached hydrogens (tertiary/aromatic N) is 3.